The minimum Gasteiger partial charge on any atom is -0.491 e. The molecular formula is C12H14BrNO2. The van der Waals surface area contributed by atoms with Crippen LogP contribution in [0.1, 0.15) is 31.9 Å². The molecule has 86 valence electrons. The van der Waals surface area contributed by atoms with E-state index in [9.17, 15) is 0 Å². The second-order valence-electron chi connectivity index (χ2n) is 4.00. The molecule has 0 spiro atoms. The summed E-state index contributed by atoms with van der Waals surface area (Å²) in [5, 5.41) is 3.87. The van der Waals surface area contributed by atoms with E-state index in [2.05, 4.69) is 21.1 Å². The Labute approximate surface area is 104 Å². The summed E-state index contributed by atoms with van der Waals surface area (Å²) >= 11 is 3.32. The number of benzene rings is 1. The monoisotopic (exact) mass is 283 g/mol. The van der Waals surface area contributed by atoms with Crippen molar-refractivity contribution in [3.8, 4) is 5.75 Å². The van der Waals surface area contributed by atoms with E-state index in [0.29, 0.717) is 0 Å². The normalized spacial score (nSPS) is 19.5. The van der Waals surface area contributed by atoms with Gasteiger partial charge in [-0.25, -0.2) is 0 Å². The Hall–Kier alpha value is -1.03. The van der Waals surface area contributed by atoms with Crippen LogP contribution < -0.4 is 4.74 Å². The summed E-state index contributed by atoms with van der Waals surface area (Å²) in [6.07, 6.45) is 1.03. The van der Waals surface area contributed by atoms with Crippen molar-refractivity contribution in [2.24, 2.45) is 5.16 Å². The molecule has 1 aliphatic rings. The molecule has 3 nitrogen and oxygen atoms in total. The summed E-state index contributed by atoms with van der Waals surface area (Å²) in [4.78, 5) is 5.27. The standard InChI is InChI=1S/C12H14BrNO2/c1-8(2)15-10-5-3-9(4-6-10)11-7-12(13)14-16-11/h3-6,8,11H,7H2,1-2H3/t11-/m1/s1. The van der Waals surface area contributed by atoms with Crippen LogP contribution in [0.25, 0.3) is 0 Å². The minimum atomic E-state index is 0.0301. The van der Waals surface area contributed by atoms with Crippen LogP contribution in [-0.2, 0) is 4.84 Å². The van der Waals surface area contributed by atoms with E-state index in [-0.39, 0.29) is 12.2 Å². The molecule has 0 aromatic heterocycles. The summed E-state index contributed by atoms with van der Waals surface area (Å²) in [6, 6.07) is 7.96. The number of ether oxygens (including phenoxy) is 1. The van der Waals surface area contributed by atoms with Crippen molar-refractivity contribution in [3.05, 3.63) is 29.8 Å². The summed E-state index contributed by atoms with van der Waals surface area (Å²) in [5.41, 5.74) is 1.12. The first-order valence-electron chi connectivity index (χ1n) is 5.30. The highest BCUT2D eigenvalue weighted by Crippen LogP contribution is 2.30. The SMILES string of the molecule is CC(C)Oc1ccc([C@H]2CC(Br)=NO2)cc1. The molecular weight excluding hydrogens is 270 g/mol. The number of nitrogens with zero attached hydrogens (tertiary/aromatic N) is 1. The topological polar surface area (TPSA) is 30.8 Å². The first-order chi connectivity index (χ1) is 7.65. The van der Waals surface area contributed by atoms with Crippen LogP contribution in [-0.4, -0.2) is 10.7 Å². The van der Waals surface area contributed by atoms with Gasteiger partial charge in [0.05, 0.1) is 6.10 Å². The van der Waals surface area contributed by atoms with Crippen molar-refractivity contribution in [1.29, 1.82) is 0 Å². The number of hydrogen-bond acceptors (Lipinski definition) is 3. The van der Waals surface area contributed by atoms with E-state index in [0.717, 1.165) is 22.4 Å². The Bertz CT molecular complexity index is 387. The molecule has 4 heteroatoms. The summed E-state index contributed by atoms with van der Waals surface area (Å²) < 4.78 is 6.44. The molecule has 1 atom stereocenters. The van der Waals surface area contributed by atoms with Crippen molar-refractivity contribution in [2.45, 2.75) is 32.5 Å². The molecule has 1 aliphatic heterocycles. The fourth-order valence-corrected chi connectivity index (χ4v) is 1.94. The van der Waals surface area contributed by atoms with Gasteiger partial charge in [0.25, 0.3) is 0 Å². The molecule has 0 saturated heterocycles. The Kier molecular flexibility index (Phi) is 3.49. The molecule has 0 unspecified atom stereocenters. The van der Waals surface area contributed by atoms with E-state index < -0.39 is 0 Å². The van der Waals surface area contributed by atoms with Crippen molar-refractivity contribution >= 4 is 20.6 Å². The predicted molar refractivity (Wildman–Crippen MR) is 67.0 cm³/mol. The molecule has 1 aromatic carbocycles. The van der Waals surface area contributed by atoms with Crippen LogP contribution in [0.2, 0.25) is 0 Å². The Morgan fingerprint density at radius 3 is 2.56 bits per heavy atom. The van der Waals surface area contributed by atoms with E-state index in [1.165, 1.54) is 0 Å². The highest BCUT2D eigenvalue weighted by atomic mass is 79.9. The molecule has 0 aliphatic carbocycles. The number of hydrogen-bond donors (Lipinski definition) is 0. The van der Waals surface area contributed by atoms with Gasteiger partial charge in [-0.15, -0.1) is 0 Å². The molecule has 0 bridgehead atoms. The van der Waals surface area contributed by atoms with E-state index in [4.69, 9.17) is 9.57 Å². The second kappa shape index (κ2) is 4.87. The average Bonchev–Trinajstić information content (AvgIpc) is 2.65. The van der Waals surface area contributed by atoms with Gasteiger partial charge in [-0.2, -0.15) is 0 Å². The van der Waals surface area contributed by atoms with Crippen LogP contribution in [0.3, 0.4) is 0 Å². The van der Waals surface area contributed by atoms with E-state index in [1.54, 1.807) is 0 Å². The zero-order chi connectivity index (χ0) is 11.5. The lowest BCUT2D eigenvalue weighted by molar-refractivity contribution is 0.0857. The van der Waals surface area contributed by atoms with Crippen molar-refractivity contribution in [3.63, 3.8) is 0 Å². The van der Waals surface area contributed by atoms with Gasteiger partial charge in [-0.3, -0.25) is 0 Å². The Morgan fingerprint density at radius 1 is 1.38 bits per heavy atom. The van der Waals surface area contributed by atoms with Crippen LogP contribution in [0.15, 0.2) is 29.4 Å². The van der Waals surface area contributed by atoms with Gasteiger partial charge >= 0.3 is 0 Å². The Balaban J connectivity index is 2.02. The molecule has 0 saturated carbocycles. The molecule has 0 amide bonds. The highest BCUT2D eigenvalue weighted by molar-refractivity contribution is 9.18. The van der Waals surface area contributed by atoms with Gasteiger partial charge in [0.1, 0.15) is 10.4 Å². The van der Waals surface area contributed by atoms with E-state index in [1.807, 2.05) is 38.1 Å². The first kappa shape index (κ1) is 11.5. The van der Waals surface area contributed by atoms with Gasteiger partial charge in [0.15, 0.2) is 6.10 Å². The third-order valence-corrected chi connectivity index (χ3v) is 2.73. The molecule has 1 aromatic rings. The van der Waals surface area contributed by atoms with Gasteiger partial charge < -0.3 is 9.57 Å². The third-order valence-electron chi connectivity index (χ3n) is 2.26. The van der Waals surface area contributed by atoms with Gasteiger partial charge in [0.2, 0.25) is 0 Å². The van der Waals surface area contributed by atoms with Crippen LogP contribution in [0.5, 0.6) is 5.75 Å². The lowest BCUT2D eigenvalue weighted by Gasteiger charge is -2.12. The maximum Gasteiger partial charge on any atom is 0.158 e. The van der Waals surface area contributed by atoms with Crippen LogP contribution in [0, 0.1) is 0 Å². The third kappa shape index (κ3) is 2.76. The zero-order valence-electron chi connectivity index (χ0n) is 9.31. The minimum absolute atomic E-state index is 0.0301. The quantitative estimate of drug-likeness (QED) is 0.848. The summed E-state index contributed by atoms with van der Waals surface area (Å²) in [6.45, 7) is 4.03. The fourth-order valence-electron chi connectivity index (χ4n) is 1.56. The van der Waals surface area contributed by atoms with Crippen molar-refractivity contribution in [1.82, 2.24) is 0 Å². The van der Waals surface area contributed by atoms with Crippen LogP contribution in [0.4, 0.5) is 0 Å². The Morgan fingerprint density at radius 2 is 2.06 bits per heavy atom. The second-order valence-corrected chi connectivity index (χ2v) is 4.92. The molecule has 0 fully saturated rings. The molecule has 1 heterocycles. The first-order valence-corrected chi connectivity index (χ1v) is 6.09. The maximum absolute atomic E-state index is 5.57. The number of rotatable bonds is 3. The van der Waals surface area contributed by atoms with Crippen LogP contribution >= 0.6 is 15.9 Å². The average molecular weight is 284 g/mol. The van der Waals surface area contributed by atoms with E-state index >= 15 is 0 Å². The lowest BCUT2D eigenvalue weighted by atomic mass is 10.1. The number of halogens is 1. The van der Waals surface area contributed by atoms with Gasteiger partial charge in [-0.05, 0) is 47.5 Å². The number of oxime groups is 1. The molecule has 0 radical (unpaired) electrons. The van der Waals surface area contributed by atoms with Gasteiger partial charge in [-0.1, -0.05) is 17.3 Å². The van der Waals surface area contributed by atoms with Gasteiger partial charge in [0, 0.05) is 6.42 Å². The highest BCUT2D eigenvalue weighted by Gasteiger charge is 2.20. The largest absolute Gasteiger partial charge is 0.491 e. The predicted octanol–water partition coefficient (Wildman–Crippen LogP) is 3.64. The van der Waals surface area contributed by atoms with Crippen molar-refractivity contribution < 1.29 is 9.57 Å². The summed E-state index contributed by atoms with van der Waals surface area (Å²) in [7, 11) is 0. The molecule has 2 rings (SSSR count). The van der Waals surface area contributed by atoms with Crippen molar-refractivity contribution in [2.75, 3.05) is 0 Å². The smallest absolute Gasteiger partial charge is 0.158 e. The zero-order valence-corrected chi connectivity index (χ0v) is 10.9. The molecule has 16 heavy (non-hydrogen) atoms. The molecule has 0 N–H and O–H groups in total. The summed E-state index contributed by atoms with van der Waals surface area (Å²) in [5.74, 6) is 0.886. The lowest BCUT2D eigenvalue weighted by Crippen LogP contribution is -2.05. The maximum atomic E-state index is 5.57. The fraction of sp³-hybridized carbons (Fsp3) is 0.417.